The molecule has 0 aromatic rings. The predicted molar refractivity (Wildman–Crippen MR) is 35.2 cm³/mol. The third-order valence-electron chi connectivity index (χ3n) is 1.48. The van der Waals surface area contributed by atoms with Crippen LogP contribution in [0.25, 0.3) is 0 Å². The van der Waals surface area contributed by atoms with Crippen molar-refractivity contribution in [1.29, 1.82) is 0 Å². The fourth-order valence-electron chi connectivity index (χ4n) is 0.666. The summed E-state index contributed by atoms with van der Waals surface area (Å²) in [4.78, 5) is 0. The molecule has 0 aliphatic heterocycles. The number of hydrogen-bond acceptors (Lipinski definition) is 0. The van der Waals surface area contributed by atoms with Crippen molar-refractivity contribution < 1.29 is 30.7 Å². The molecule has 0 rings (SSSR count). The zero-order chi connectivity index (χ0) is 11.6. The quantitative estimate of drug-likeness (QED) is 0.629. The summed E-state index contributed by atoms with van der Waals surface area (Å²) in [6, 6.07) is 0. The Hall–Kier alpha value is -0.750. The van der Waals surface area contributed by atoms with Crippen molar-refractivity contribution in [3.8, 4) is 0 Å². The van der Waals surface area contributed by atoms with Crippen molar-refractivity contribution in [2.45, 2.75) is 31.6 Å². The summed E-state index contributed by atoms with van der Waals surface area (Å²) in [5.41, 5.74) is 0. The second-order valence-electron chi connectivity index (χ2n) is 2.67. The first-order valence-electron chi connectivity index (χ1n) is 3.59. The molecule has 0 bridgehead atoms. The van der Waals surface area contributed by atoms with Crippen molar-refractivity contribution in [2.75, 3.05) is 0 Å². The van der Waals surface area contributed by atoms with E-state index < -0.39 is 36.6 Å². The molecule has 0 N–H and O–H groups in total. The van der Waals surface area contributed by atoms with Crippen LogP contribution < -0.4 is 0 Å². The van der Waals surface area contributed by atoms with Crippen molar-refractivity contribution in [2.24, 2.45) is 0 Å². The van der Waals surface area contributed by atoms with Crippen LogP contribution >= 0.6 is 0 Å². The molecule has 0 radical (unpaired) electrons. The van der Waals surface area contributed by atoms with Gasteiger partial charge in [-0.2, -0.15) is 22.0 Å². The van der Waals surface area contributed by atoms with E-state index in [-0.39, 0.29) is 0 Å². The lowest BCUT2D eigenvalue weighted by Gasteiger charge is -2.20. The number of allylic oxidation sites excluding steroid dienone is 1. The summed E-state index contributed by atoms with van der Waals surface area (Å²) in [6.45, 7) is 0.892. The zero-order valence-corrected chi connectivity index (χ0v) is 7.06. The van der Waals surface area contributed by atoms with Gasteiger partial charge in [-0.15, -0.1) is 0 Å². The molecule has 84 valence electrons. The van der Waals surface area contributed by atoms with Crippen LogP contribution in [0.3, 0.4) is 0 Å². The van der Waals surface area contributed by atoms with Crippen LogP contribution in [0.15, 0.2) is 11.9 Å². The summed E-state index contributed by atoms with van der Waals surface area (Å²) in [5, 5.41) is 0. The van der Waals surface area contributed by atoms with Gasteiger partial charge in [-0.3, -0.25) is 0 Å². The second kappa shape index (κ2) is 4.18. The average Bonchev–Trinajstić information content (AvgIpc) is 2.01. The van der Waals surface area contributed by atoms with E-state index in [0.717, 1.165) is 6.92 Å². The highest BCUT2D eigenvalue weighted by Gasteiger charge is 2.47. The molecular weight excluding hydrogens is 217 g/mol. The Labute approximate surface area is 75.4 Å². The average molecular weight is 224 g/mol. The molecule has 0 atom stereocenters. The van der Waals surface area contributed by atoms with E-state index in [4.69, 9.17) is 0 Å². The lowest BCUT2D eigenvalue weighted by molar-refractivity contribution is -0.104. The minimum atomic E-state index is -4.82. The van der Waals surface area contributed by atoms with E-state index in [1.807, 2.05) is 0 Å². The summed E-state index contributed by atoms with van der Waals surface area (Å²) >= 11 is 0. The first kappa shape index (κ1) is 13.2. The van der Waals surface area contributed by atoms with E-state index >= 15 is 0 Å². The lowest BCUT2D eigenvalue weighted by atomic mass is 10.1. The van der Waals surface area contributed by atoms with E-state index in [0.29, 0.717) is 0 Å². The van der Waals surface area contributed by atoms with Gasteiger partial charge < -0.3 is 0 Å². The predicted octanol–water partition coefficient (Wildman–Crippen LogP) is 4.13. The Morgan fingerprint density at radius 2 is 1.43 bits per heavy atom. The summed E-state index contributed by atoms with van der Waals surface area (Å²) in [7, 11) is 0. The third-order valence-corrected chi connectivity index (χ3v) is 1.48. The zero-order valence-electron chi connectivity index (χ0n) is 7.06. The van der Waals surface area contributed by atoms with Crippen LogP contribution in [-0.2, 0) is 0 Å². The van der Waals surface area contributed by atoms with Crippen molar-refractivity contribution in [1.82, 2.24) is 0 Å². The fourth-order valence-corrected chi connectivity index (χ4v) is 0.666. The molecule has 0 nitrogen and oxygen atoms in total. The van der Waals surface area contributed by atoms with Crippen LogP contribution in [0.2, 0.25) is 0 Å². The summed E-state index contributed by atoms with van der Waals surface area (Å²) in [5.74, 6) is -11.8. The molecule has 0 heterocycles. The topological polar surface area (TPSA) is 0 Å². The largest absolute Gasteiger partial charge is 0.309 e. The van der Waals surface area contributed by atoms with Gasteiger partial charge in [0, 0.05) is 6.42 Å². The van der Waals surface area contributed by atoms with Crippen molar-refractivity contribution in [3.63, 3.8) is 0 Å². The monoisotopic (exact) mass is 224 g/mol. The molecule has 0 amide bonds. The Kier molecular flexibility index (Phi) is 3.96. The van der Waals surface area contributed by atoms with E-state index in [9.17, 15) is 30.7 Å². The number of rotatable bonds is 4. The minimum absolute atomic E-state index is 0.892. The highest BCUT2D eigenvalue weighted by molar-refractivity contribution is 5.05. The molecule has 0 saturated heterocycles. The third kappa shape index (κ3) is 3.55. The van der Waals surface area contributed by atoms with Crippen molar-refractivity contribution >= 4 is 0 Å². The van der Waals surface area contributed by atoms with Gasteiger partial charge >= 0.3 is 12.0 Å². The van der Waals surface area contributed by atoms with Gasteiger partial charge in [-0.1, -0.05) is 6.92 Å². The Morgan fingerprint density at radius 3 is 1.71 bits per heavy atom. The van der Waals surface area contributed by atoms with Gasteiger partial charge in [0.05, 0.1) is 6.42 Å². The molecule has 0 saturated carbocycles. The van der Waals surface area contributed by atoms with E-state index in [1.54, 1.807) is 0 Å². The standard InChI is InChI=1S/C7H7F7/c1-2-6(11,12)3-7(13,14)4(8)5(9)10/h2-3H2,1H3. The molecule has 7 heteroatoms. The second-order valence-corrected chi connectivity index (χ2v) is 2.67. The van der Waals surface area contributed by atoms with Gasteiger partial charge in [0.2, 0.25) is 5.83 Å². The molecule has 0 unspecified atom stereocenters. The van der Waals surface area contributed by atoms with E-state index in [1.165, 1.54) is 0 Å². The maximum Gasteiger partial charge on any atom is 0.309 e. The van der Waals surface area contributed by atoms with Gasteiger partial charge in [0.25, 0.3) is 5.92 Å². The molecule has 0 aromatic carbocycles. The summed E-state index contributed by atoms with van der Waals surface area (Å²) in [6.07, 6.45) is -6.49. The molecule has 0 spiro atoms. The first-order chi connectivity index (χ1) is 6.12. The maximum absolute atomic E-state index is 12.4. The van der Waals surface area contributed by atoms with Gasteiger partial charge in [-0.25, -0.2) is 8.78 Å². The highest BCUT2D eigenvalue weighted by atomic mass is 19.3. The molecular formula is C7H7F7. The first-order valence-corrected chi connectivity index (χ1v) is 3.59. The minimum Gasteiger partial charge on any atom is -0.207 e. The Morgan fingerprint density at radius 1 is 1.00 bits per heavy atom. The van der Waals surface area contributed by atoms with Crippen molar-refractivity contribution in [3.05, 3.63) is 11.9 Å². The Bertz CT molecular complexity index is 226. The maximum atomic E-state index is 12.4. The van der Waals surface area contributed by atoms with Gasteiger partial charge in [0.1, 0.15) is 0 Å². The normalized spacial score (nSPS) is 12.9. The van der Waals surface area contributed by atoms with Crippen LogP contribution in [0.1, 0.15) is 19.8 Å². The number of hydrogen-bond donors (Lipinski definition) is 0. The number of alkyl halides is 4. The van der Waals surface area contributed by atoms with Gasteiger partial charge in [0.15, 0.2) is 0 Å². The van der Waals surface area contributed by atoms with Crippen LogP contribution in [0, 0.1) is 0 Å². The molecule has 14 heavy (non-hydrogen) atoms. The smallest absolute Gasteiger partial charge is 0.207 e. The fraction of sp³-hybridized carbons (Fsp3) is 0.714. The lowest BCUT2D eigenvalue weighted by Crippen LogP contribution is -2.29. The molecule has 0 aliphatic carbocycles. The number of halogens is 7. The molecule has 0 aromatic heterocycles. The van der Waals surface area contributed by atoms with E-state index in [2.05, 4.69) is 0 Å². The van der Waals surface area contributed by atoms with Crippen LogP contribution in [0.5, 0.6) is 0 Å². The highest BCUT2D eigenvalue weighted by Crippen LogP contribution is 2.39. The van der Waals surface area contributed by atoms with Crippen LogP contribution in [0.4, 0.5) is 30.7 Å². The Balaban J connectivity index is 4.74. The molecule has 0 aliphatic rings. The molecule has 0 fully saturated rings. The summed E-state index contributed by atoms with van der Waals surface area (Å²) < 4.78 is 84.2. The SMILES string of the molecule is CCC(F)(F)CC(F)(F)C(F)=C(F)F. The van der Waals surface area contributed by atoms with Gasteiger partial charge in [-0.05, 0) is 0 Å². The van der Waals surface area contributed by atoms with Crippen LogP contribution in [-0.4, -0.2) is 11.8 Å².